The molecule has 0 saturated carbocycles. The fourth-order valence-electron chi connectivity index (χ4n) is 3.33. The van der Waals surface area contributed by atoms with Crippen molar-refractivity contribution in [3.63, 3.8) is 0 Å². The van der Waals surface area contributed by atoms with Crippen molar-refractivity contribution in [2.24, 2.45) is 0 Å². The van der Waals surface area contributed by atoms with Crippen LogP contribution in [0.1, 0.15) is 81.8 Å². The second-order valence-corrected chi connectivity index (χ2v) is 5.84. The number of aryl methyl sites for hydroxylation is 1. The first-order valence-corrected chi connectivity index (χ1v) is 7.99. The van der Waals surface area contributed by atoms with Crippen LogP contribution in [0.5, 0.6) is 0 Å². The summed E-state index contributed by atoms with van der Waals surface area (Å²) in [5.41, 5.74) is 3.29. The van der Waals surface area contributed by atoms with Crippen LogP contribution in [0.25, 0.3) is 0 Å². The van der Waals surface area contributed by atoms with E-state index in [-0.39, 0.29) is 0 Å². The van der Waals surface area contributed by atoms with Crippen molar-refractivity contribution >= 4 is 0 Å². The third kappa shape index (κ3) is 3.86. The van der Waals surface area contributed by atoms with Crippen LogP contribution in [-0.2, 0) is 6.42 Å². The summed E-state index contributed by atoms with van der Waals surface area (Å²) in [5.74, 6) is 0.862. The van der Waals surface area contributed by atoms with Crippen LogP contribution >= 0.6 is 0 Å². The normalized spacial score (nSPS) is 18.6. The molecule has 1 atom stereocenters. The number of rotatable bonds is 7. The number of unbranched alkanes of at least 4 members (excludes halogenated alkanes) is 5. The molecule has 0 heteroatoms. The van der Waals surface area contributed by atoms with Crippen LogP contribution in [-0.4, -0.2) is 0 Å². The first-order chi connectivity index (χ1) is 8.92. The Kier molecular flexibility index (Phi) is 5.77. The fourth-order valence-corrected chi connectivity index (χ4v) is 3.33. The zero-order chi connectivity index (χ0) is 12.6. The Bertz CT molecular complexity index is 340. The quantitative estimate of drug-likeness (QED) is 0.527. The van der Waals surface area contributed by atoms with Crippen LogP contribution in [0.15, 0.2) is 24.3 Å². The Morgan fingerprint density at radius 2 is 1.78 bits per heavy atom. The topological polar surface area (TPSA) is 0 Å². The van der Waals surface area contributed by atoms with Gasteiger partial charge in [0.1, 0.15) is 0 Å². The van der Waals surface area contributed by atoms with Crippen molar-refractivity contribution in [3.05, 3.63) is 35.4 Å². The first-order valence-electron chi connectivity index (χ1n) is 7.99. The zero-order valence-electron chi connectivity index (χ0n) is 12.0. The molecule has 1 aromatic carbocycles. The SMILES string of the molecule is CCCCCCCCC1CCCc2ccccc21. The van der Waals surface area contributed by atoms with Crippen LogP contribution in [0.4, 0.5) is 0 Å². The van der Waals surface area contributed by atoms with Crippen molar-refractivity contribution in [3.8, 4) is 0 Å². The zero-order valence-corrected chi connectivity index (χ0v) is 12.0. The average molecular weight is 244 g/mol. The lowest BCUT2D eigenvalue weighted by molar-refractivity contribution is 0.484. The molecule has 1 aliphatic carbocycles. The molecule has 100 valence electrons. The average Bonchev–Trinajstić information content (AvgIpc) is 2.43. The van der Waals surface area contributed by atoms with Gasteiger partial charge in [-0.2, -0.15) is 0 Å². The largest absolute Gasteiger partial charge is 0.0654 e. The molecule has 0 fully saturated rings. The second kappa shape index (κ2) is 7.61. The van der Waals surface area contributed by atoms with E-state index in [1.807, 2.05) is 0 Å². The van der Waals surface area contributed by atoms with Gasteiger partial charge in [-0.3, -0.25) is 0 Å². The number of hydrogen-bond donors (Lipinski definition) is 0. The summed E-state index contributed by atoms with van der Waals surface area (Å²) in [6.45, 7) is 2.29. The summed E-state index contributed by atoms with van der Waals surface area (Å²) in [6.07, 6.45) is 14.1. The minimum absolute atomic E-state index is 0.862. The van der Waals surface area contributed by atoms with Crippen LogP contribution in [0.3, 0.4) is 0 Å². The third-order valence-electron chi connectivity index (χ3n) is 4.40. The Morgan fingerprint density at radius 1 is 1.00 bits per heavy atom. The van der Waals surface area contributed by atoms with Gasteiger partial charge in [0.05, 0.1) is 0 Å². The van der Waals surface area contributed by atoms with Crippen molar-refractivity contribution in [1.29, 1.82) is 0 Å². The Morgan fingerprint density at radius 3 is 2.67 bits per heavy atom. The van der Waals surface area contributed by atoms with Gasteiger partial charge < -0.3 is 0 Å². The van der Waals surface area contributed by atoms with Gasteiger partial charge in [0.15, 0.2) is 0 Å². The molecule has 0 spiro atoms. The van der Waals surface area contributed by atoms with Gasteiger partial charge in [-0.05, 0) is 42.7 Å². The van der Waals surface area contributed by atoms with E-state index in [1.165, 1.54) is 64.2 Å². The van der Waals surface area contributed by atoms with Gasteiger partial charge in [-0.25, -0.2) is 0 Å². The smallest absolute Gasteiger partial charge is 0.0159 e. The number of hydrogen-bond acceptors (Lipinski definition) is 0. The maximum atomic E-state index is 2.37. The molecule has 1 unspecified atom stereocenters. The summed E-state index contributed by atoms with van der Waals surface area (Å²) in [6, 6.07) is 9.13. The standard InChI is InChI=1S/C18H28/c1-2-3-4-5-6-7-11-16-13-10-14-17-12-8-9-15-18(16)17/h8-9,12,15-16H,2-7,10-11,13-14H2,1H3. The highest BCUT2D eigenvalue weighted by Gasteiger charge is 2.18. The fraction of sp³-hybridized carbons (Fsp3) is 0.667. The summed E-state index contributed by atoms with van der Waals surface area (Å²) in [5, 5.41) is 0. The molecule has 0 radical (unpaired) electrons. The summed E-state index contributed by atoms with van der Waals surface area (Å²) >= 11 is 0. The lowest BCUT2D eigenvalue weighted by Crippen LogP contribution is -2.09. The minimum Gasteiger partial charge on any atom is -0.0654 e. The van der Waals surface area contributed by atoms with Gasteiger partial charge in [0.25, 0.3) is 0 Å². The van der Waals surface area contributed by atoms with E-state index < -0.39 is 0 Å². The predicted octanol–water partition coefficient (Wildman–Crippen LogP) is 5.86. The monoisotopic (exact) mass is 244 g/mol. The highest BCUT2D eigenvalue weighted by molar-refractivity contribution is 5.32. The van der Waals surface area contributed by atoms with Gasteiger partial charge in [0.2, 0.25) is 0 Å². The Balaban J connectivity index is 1.74. The molecule has 2 rings (SSSR count). The molecule has 0 heterocycles. The molecular formula is C18H28. The third-order valence-corrected chi connectivity index (χ3v) is 4.40. The maximum Gasteiger partial charge on any atom is -0.0159 e. The molecule has 18 heavy (non-hydrogen) atoms. The van der Waals surface area contributed by atoms with E-state index in [0.717, 1.165) is 5.92 Å². The number of benzene rings is 1. The van der Waals surface area contributed by atoms with E-state index in [0.29, 0.717) is 0 Å². The van der Waals surface area contributed by atoms with Gasteiger partial charge in [0, 0.05) is 0 Å². The summed E-state index contributed by atoms with van der Waals surface area (Å²) in [7, 11) is 0. The molecule has 1 aliphatic rings. The molecule has 0 saturated heterocycles. The highest BCUT2D eigenvalue weighted by Crippen LogP contribution is 2.35. The van der Waals surface area contributed by atoms with E-state index in [1.54, 1.807) is 11.1 Å². The maximum absolute atomic E-state index is 2.37. The van der Waals surface area contributed by atoms with Crippen LogP contribution < -0.4 is 0 Å². The van der Waals surface area contributed by atoms with Crippen molar-refractivity contribution in [2.45, 2.75) is 77.0 Å². The van der Waals surface area contributed by atoms with Crippen LogP contribution in [0.2, 0.25) is 0 Å². The molecule has 0 N–H and O–H groups in total. The van der Waals surface area contributed by atoms with Crippen molar-refractivity contribution < 1.29 is 0 Å². The number of fused-ring (bicyclic) bond motifs is 1. The highest BCUT2D eigenvalue weighted by atomic mass is 14.2. The molecule has 0 nitrogen and oxygen atoms in total. The Labute approximate surface area is 113 Å². The van der Waals surface area contributed by atoms with Gasteiger partial charge >= 0.3 is 0 Å². The van der Waals surface area contributed by atoms with Crippen LogP contribution in [0, 0.1) is 0 Å². The minimum atomic E-state index is 0.862. The lowest BCUT2D eigenvalue weighted by Gasteiger charge is -2.25. The first kappa shape index (κ1) is 13.6. The van der Waals surface area contributed by atoms with E-state index in [4.69, 9.17) is 0 Å². The van der Waals surface area contributed by atoms with E-state index >= 15 is 0 Å². The molecule has 0 aliphatic heterocycles. The predicted molar refractivity (Wildman–Crippen MR) is 80.1 cm³/mol. The lowest BCUT2D eigenvalue weighted by atomic mass is 9.80. The van der Waals surface area contributed by atoms with E-state index in [2.05, 4.69) is 31.2 Å². The molecule has 0 aromatic heterocycles. The van der Waals surface area contributed by atoms with E-state index in [9.17, 15) is 0 Å². The summed E-state index contributed by atoms with van der Waals surface area (Å²) < 4.78 is 0. The molecule has 0 amide bonds. The molecular weight excluding hydrogens is 216 g/mol. The molecule has 1 aromatic rings. The second-order valence-electron chi connectivity index (χ2n) is 5.84. The van der Waals surface area contributed by atoms with Gasteiger partial charge in [-0.1, -0.05) is 69.7 Å². The summed E-state index contributed by atoms with van der Waals surface area (Å²) in [4.78, 5) is 0. The van der Waals surface area contributed by atoms with Crippen molar-refractivity contribution in [2.75, 3.05) is 0 Å². The van der Waals surface area contributed by atoms with Gasteiger partial charge in [-0.15, -0.1) is 0 Å². The Hall–Kier alpha value is -0.780. The van der Waals surface area contributed by atoms with Crippen molar-refractivity contribution in [1.82, 2.24) is 0 Å². The molecule has 0 bridgehead atoms.